The Hall–Kier alpha value is -0.610. The van der Waals surface area contributed by atoms with E-state index in [1.807, 2.05) is 13.8 Å². The molecule has 1 atom stereocenters. The molecule has 1 heterocycles. The second-order valence-corrected chi connectivity index (χ2v) is 3.86. The average Bonchev–Trinajstić information content (AvgIpc) is 2.17. The molecule has 0 aliphatic rings. The molecular formula is C7H13N2OS+. The van der Waals surface area contributed by atoms with Gasteiger partial charge in [-0.25, -0.2) is 5.84 Å². The van der Waals surface area contributed by atoms with Crippen LogP contribution in [0.2, 0.25) is 0 Å². The largest absolute Gasteiger partial charge is 0.381 e. The van der Waals surface area contributed by atoms with E-state index >= 15 is 0 Å². The first-order valence-electron chi connectivity index (χ1n) is 3.49. The molecule has 1 unspecified atom stereocenters. The molecule has 0 saturated carbocycles. The van der Waals surface area contributed by atoms with Gasteiger partial charge in [-0.2, -0.15) is 0 Å². The molecule has 62 valence electrons. The fourth-order valence-electron chi connectivity index (χ4n) is 0.901. The molecule has 11 heavy (non-hydrogen) atoms. The molecule has 0 saturated heterocycles. The second kappa shape index (κ2) is 2.79. The van der Waals surface area contributed by atoms with E-state index in [2.05, 4.69) is 0 Å². The monoisotopic (exact) mass is 173 g/mol. The fourth-order valence-corrected chi connectivity index (χ4v) is 1.87. The zero-order valence-electron chi connectivity index (χ0n) is 6.96. The Balaban J connectivity index is 3.19. The summed E-state index contributed by atoms with van der Waals surface area (Å²) >= 11 is 1.54. The van der Waals surface area contributed by atoms with Crippen molar-refractivity contribution in [1.29, 1.82) is 0 Å². The normalized spacial score (nSPS) is 13.5. The summed E-state index contributed by atoms with van der Waals surface area (Å²) in [4.78, 5) is 1.16. The van der Waals surface area contributed by atoms with Gasteiger partial charge >= 0.3 is 0 Å². The lowest BCUT2D eigenvalue weighted by atomic mass is 10.4. The molecule has 0 fully saturated rings. The summed E-state index contributed by atoms with van der Waals surface area (Å²) in [5.74, 6) is 5.67. The minimum absolute atomic E-state index is 0.475. The number of aliphatic hydroxyl groups excluding tert-OH is 1. The van der Waals surface area contributed by atoms with Crippen molar-refractivity contribution in [3.05, 3.63) is 15.6 Å². The van der Waals surface area contributed by atoms with Crippen molar-refractivity contribution in [3.8, 4) is 0 Å². The van der Waals surface area contributed by atoms with Gasteiger partial charge in [0.2, 0.25) is 5.69 Å². The zero-order chi connectivity index (χ0) is 8.59. The minimum atomic E-state index is -0.475. The van der Waals surface area contributed by atoms with Gasteiger partial charge in [0, 0.05) is 6.92 Å². The number of thiazole rings is 1. The van der Waals surface area contributed by atoms with Gasteiger partial charge in [0.05, 0.1) is 4.88 Å². The molecule has 0 radical (unpaired) electrons. The lowest BCUT2D eigenvalue weighted by molar-refractivity contribution is -0.651. The van der Waals surface area contributed by atoms with Crippen molar-refractivity contribution in [2.24, 2.45) is 0 Å². The highest BCUT2D eigenvalue weighted by Gasteiger charge is 2.22. The van der Waals surface area contributed by atoms with Gasteiger partial charge < -0.3 is 5.11 Å². The number of aromatic nitrogens is 1. The van der Waals surface area contributed by atoms with E-state index in [1.54, 1.807) is 11.6 Å². The summed E-state index contributed by atoms with van der Waals surface area (Å²) < 4.78 is 1.55. The number of hydrogen-bond donors (Lipinski definition) is 2. The van der Waals surface area contributed by atoms with Crippen molar-refractivity contribution in [2.45, 2.75) is 26.9 Å². The summed E-state index contributed by atoms with van der Waals surface area (Å²) in [7, 11) is 0. The van der Waals surface area contributed by atoms with E-state index in [-0.39, 0.29) is 0 Å². The van der Waals surface area contributed by atoms with Crippen molar-refractivity contribution < 1.29 is 9.78 Å². The van der Waals surface area contributed by atoms with Gasteiger partial charge in [-0.1, -0.05) is 16.0 Å². The first kappa shape index (κ1) is 8.49. The number of nitrogens with two attached hydrogens (primary N) is 1. The van der Waals surface area contributed by atoms with Gasteiger partial charge in [0.25, 0.3) is 5.01 Å². The highest BCUT2D eigenvalue weighted by molar-refractivity contribution is 7.11. The van der Waals surface area contributed by atoms with Crippen LogP contribution in [0.25, 0.3) is 0 Å². The van der Waals surface area contributed by atoms with E-state index in [9.17, 15) is 5.11 Å². The van der Waals surface area contributed by atoms with E-state index in [1.165, 1.54) is 11.3 Å². The molecule has 0 aliphatic carbocycles. The zero-order valence-corrected chi connectivity index (χ0v) is 7.77. The molecule has 0 aliphatic heterocycles. The maximum absolute atomic E-state index is 9.25. The standard InChI is InChI=1S/C7H13N2OS/c1-4-6(3)11-7(5(2)10)9(4)8/h5,10H,8H2,1-3H3/q+1. The Labute approximate surface area is 70.1 Å². The van der Waals surface area contributed by atoms with Crippen LogP contribution >= 0.6 is 11.3 Å². The first-order valence-corrected chi connectivity index (χ1v) is 4.30. The van der Waals surface area contributed by atoms with E-state index in [0.717, 1.165) is 15.6 Å². The van der Waals surface area contributed by atoms with Crippen LogP contribution in [0.5, 0.6) is 0 Å². The number of rotatable bonds is 1. The van der Waals surface area contributed by atoms with Crippen LogP contribution in [0.3, 0.4) is 0 Å². The van der Waals surface area contributed by atoms with Gasteiger partial charge in [-0.15, -0.1) is 0 Å². The molecule has 3 N–H and O–H groups in total. The molecule has 0 aromatic carbocycles. The van der Waals surface area contributed by atoms with Crippen LogP contribution in [0.4, 0.5) is 0 Å². The van der Waals surface area contributed by atoms with E-state index in [0.29, 0.717) is 0 Å². The molecule has 4 heteroatoms. The Morgan fingerprint density at radius 1 is 1.55 bits per heavy atom. The third-order valence-corrected chi connectivity index (χ3v) is 3.07. The number of nitrogen functional groups attached to an aromatic ring is 1. The summed E-state index contributed by atoms with van der Waals surface area (Å²) in [5, 5.41) is 10.1. The predicted octanol–water partition coefficient (Wildman–Crippen LogP) is 0.420. The third kappa shape index (κ3) is 1.36. The first-order chi connectivity index (χ1) is 5.04. The summed E-state index contributed by atoms with van der Waals surface area (Å²) in [5.41, 5.74) is 1.02. The number of aryl methyl sites for hydroxylation is 1. The minimum Gasteiger partial charge on any atom is -0.381 e. The molecule has 1 aromatic rings. The van der Waals surface area contributed by atoms with Crippen LogP contribution < -0.4 is 10.5 Å². The van der Waals surface area contributed by atoms with E-state index in [4.69, 9.17) is 5.84 Å². The number of aliphatic hydroxyl groups is 1. The molecular weight excluding hydrogens is 160 g/mol. The number of nitrogens with zero attached hydrogens (tertiary/aromatic N) is 1. The SMILES string of the molecule is Cc1sc(C(C)O)[n+](N)c1C. The quantitative estimate of drug-likeness (QED) is 0.477. The summed E-state index contributed by atoms with van der Waals surface area (Å²) in [6.45, 7) is 5.65. The lowest BCUT2D eigenvalue weighted by Gasteiger charge is -1.93. The van der Waals surface area contributed by atoms with Gasteiger partial charge in [-0.05, 0) is 13.8 Å². The summed E-state index contributed by atoms with van der Waals surface area (Å²) in [6.07, 6.45) is -0.475. The molecule has 0 spiro atoms. The highest BCUT2D eigenvalue weighted by atomic mass is 32.1. The van der Waals surface area contributed by atoms with Crippen LogP contribution in [0.1, 0.15) is 28.6 Å². The van der Waals surface area contributed by atoms with Gasteiger partial charge in [0.1, 0.15) is 6.10 Å². The highest BCUT2D eigenvalue weighted by Crippen LogP contribution is 2.19. The maximum atomic E-state index is 9.25. The maximum Gasteiger partial charge on any atom is 0.295 e. The fraction of sp³-hybridized carbons (Fsp3) is 0.571. The van der Waals surface area contributed by atoms with Crippen LogP contribution in [0.15, 0.2) is 0 Å². The van der Waals surface area contributed by atoms with E-state index < -0.39 is 6.10 Å². The van der Waals surface area contributed by atoms with Crippen molar-refractivity contribution in [3.63, 3.8) is 0 Å². The molecule has 1 rings (SSSR count). The lowest BCUT2D eigenvalue weighted by Crippen LogP contribution is -2.49. The average molecular weight is 173 g/mol. The van der Waals surface area contributed by atoms with Gasteiger partial charge in [0.15, 0.2) is 0 Å². The summed E-state index contributed by atoms with van der Waals surface area (Å²) in [6, 6.07) is 0. The topological polar surface area (TPSA) is 50.1 Å². The predicted molar refractivity (Wildman–Crippen MR) is 44.8 cm³/mol. The Kier molecular flexibility index (Phi) is 2.15. The van der Waals surface area contributed by atoms with Crippen molar-refractivity contribution in [2.75, 3.05) is 5.84 Å². The van der Waals surface area contributed by atoms with Crippen LogP contribution in [-0.4, -0.2) is 5.11 Å². The second-order valence-electron chi connectivity index (χ2n) is 2.63. The Morgan fingerprint density at radius 2 is 2.09 bits per heavy atom. The van der Waals surface area contributed by atoms with Crippen LogP contribution in [-0.2, 0) is 0 Å². The molecule has 0 bridgehead atoms. The van der Waals surface area contributed by atoms with Gasteiger partial charge in [-0.3, -0.25) is 0 Å². The Bertz CT molecular complexity index is 268. The molecule has 3 nitrogen and oxygen atoms in total. The molecule has 1 aromatic heterocycles. The van der Waals surface area contributed by atoms with Crippen molar-refractivity contribution >= 4 is 11.3 Å². The Morgan fingerprint density at radius 3 is 2.27 bits per heavy atom. The number of hydrogen-bond acceptors (Lipinski definition) is 3. The van der Waals surface area contributed by atoms with Crippen molar-refractivity contribution in [1.82, 2.24) is 0 Å². The van der Waals surface area contributed by atoms with Crippen LogP contribution in [0, 0.1) is 13.8 Å². The molecule has 0 amide bonds. The smallest absolute Gasteiger partial charge is 0.295 e. The third-order valence-electron chi connectivity index (χ3n) is 1.72.